The minimum Gasteiger partial charge on any atom is -0.216 e. The molecule has 0 amide bonds. The first kappa shape index (κ1) is 11.3. The number of hydrogen-bond donors (Lipinski definition) is 0. The number of rotatable bonds is 2. The molecular formula is C12H13N5. The van der Waals surface area contributed by atoms with Crippen LogP contribution in [0.4, 0.5) is 0 Å². The molecular weight excluding hydrogens is 214 g/mol. The van der Waals surface area contributed by atoms with Crippen molar-refractivity contribution in [2.45, 2.75) is 26.7 Å². The number of nitriles is 1. The van der Waals surface area contributed by atoms with Crippen LogP contribution in [0.3, 0.4) is 0 Å². The second-order valence-corrected chi connectivity index (χ2v) is 4.15. The summed E-state index contributed by atoms with van der Waals surface area (Å²) < 4.78 is 1.60. The predicted molar refractivity (Wildman–Crippen MR) is 62.7 cm³/mol. The minimum atomic E-state index is 0.356. The van der Waals surface area contributed by atoms with Gasteiger partial charge in [0.2, 0.25) is 0 Å². The molecule has 2 aromatic rings. The van der Waals surface area contributed by atoms with Gasteiger partial charge in [-0.2, -0.15) is 10.4 Å². The molecule has 0 radical (unpaired) electrons. The molecule has 86 valence electrons. The maximum atomic E-state index is 8.86. The van der Waals surface area contributed by atoms with Crippen LogP contribution in [-0.2, 0) is 0 Å². The highest BCUT2D eigenvalue weighted by Crippen LogP contribution is 2.12. The van der Waals surface area contributed by atoms with E-state index in [9.17, 15) is 0 Å². The zero-order valence-electron chi connectivity index (χ0n) is 10.0. The van der Waals surface area contributed by atoms with Crippen LogP contribution in [0, 0.1) is 18.3 Å². The molecule has 0 aromatic carbocycles. The highest BCUT2D eigenvalue weighted by atomic mass is 15.3. The smallest absolute Gasteiger partial charge is 0.216 e. The molecule has 0 unspecified atom stereocenters. The summed E-state index contributed by atoms with van der Waals surface area (Å²) in [5, 5.41) is 13.2. The molecule has 0 aliphatic carbocycles. The third-order valence-electron chi connectivity index (χ3n) is 2.36. The van der Waals surface area contributed by atoms with Crippen molar-refractivity contribution in [3.8, 4) is 12.0 Å². The maximum Gasteiger partial charge on any atom is 0.251 e. The summed E-state index contributed by atoms with van der Waals surface area (Å²) in [4.78, 5) is 8.39. The Balaban J connectivity index is 2.45. The Morgan fingerprint density at radius 1 is 1.35 bits per heavy atom. The molecule has 2 heterocycles. The van der Waals surface area contributed by atoms with Crippen molar-refractivity contribution < 1.29 is 0 Å². The molecule has 0 fully saturated rings. The molecule has 0 saturated carbocycles. The zero-order valence-corrected chi connectivity index (χ0v) is 10.0. The molecule has 17 heavy (non-hydrogen) atoms. The fourth-order valence-corrected chi connectivity index (χ4v) is 1.47. The van der Waals surface area contributed by atoms with E-state index in [-0.39, 0.29) is 0 Å². The lowest BCUT2D eigenvalue weighted by Crippen LogP contribution is -2.05. The van der Waals surface area contributed by atoms with Crippen molar-refractivity contribution >= 4 is 0 Å². The van der Waals surface area contributed by atoms with Crippen molar-refractivity contribution in [1.29, 1.82) is 5.26 Å². The minimum absolute atomic E-state index is 0.356. The second-order valence-electron chi connectivity index (χ2n) is 4.15. The van der Waals surface area contributed by atoms with Gasteiger partial charge in [0.25, 0.3) is 5.95 Å². The molecule has 0 saturated heterocycles. The second kappa shape index (κ2) is 4.34. The third-order valence-corrected chi connectivity index (χ3v) is 2.36. The van der Waals surface area contributed by atoms with Crippen LogP contribution in [0.1, 0.15) is 36.8 Å². The molecule has 0 spiro atoms. The quantitative estimate of drug-likeness (QED) is 0.786. The van der Waals surface area contributed by atoms with Crippen molar-refractivity contribution in [2.24, 2.45) is 0 Å². The molecule has 5 nitrogen and oxygen atoms in total. The van der Waals surface area contributed by atoms with Gasteiger partial charge in [0.1, 0.15) is 11.8 Å². The summed E-state index contributed by atoms with van der Waals surface area (Å²) in [5.74, 6) is 0.796. The van der Waals surface area contributed by atoms with Gasteiger partial charge >= 0.3 is 0 Å². The first-order valence-electron chi connectivity index (χ1n) is 5.42. The molecule has 0 bridgehead atoms. The average molecular weight is 227 g/mol. The lowest BCUT2D eigenvalue weighted by atomic mass is 10.1. The SMILES string of the molecule is Cc1cc(C#N)nc(-n2ccc(C(C)C)n2)n1. The van der Waals surface area contributed by atoms with E-state index in [0.717, 1.165) is 11.4 Å². The Morgan fingerprint density at radius 2 is 2.12 bits per heavy atom. The topological polar surface area (TPSA) is 67.4 Å². The normalized spacial score (nSPS) is 10.5. The molecule has 0 N–H and O–H groups in total. The highest BCUT2D eigenvalue weighted by Gasteiger charge is 2.08. The van der Waals surface area contributed by atoms with Crippen LogP contribution in [0.2, 0.25) is 0 Å². The number of nitrogens with zero attached hydrogens (tertiary/aromatic N) is 5. The molecule has 0 aliphatic heterocycles. The lowest BCUT2D eigenvalue weighted by molar-refractivity contribution is 0.738. The Morgan fingerprint density at radius 3 is 2.71 bits per heavy atom. The van der Waals surface area contributed by atoms with Crippen LogP contribution in [0.15, 0.2) is 18.3 Å². The Kier molecular flexibility index (Phi) is 2.88. The van der Waals surface area contributed by atoms with Crippen LogP contribution < -0.4 is 0 Å². The van der Waals surface area contributed by atoms with Crippen LogP contribution in [0.5, 0.6) is 0 Å². The van der Waals surface area contributed by atoms with E-state index in [2.05, 4.69) is 28.9 Å². The van der Waals surface area contributed by atoms with E-state index in [4.69, 9.17) is 5.26 Å². The van der Waals surface area contributed by atoms with Crippen LogP contribution in [0.25, 0.3) is 5.95 Å². The van der Waals surface area contributed by atoms with Gasteiger partial charge in [-0.25, -0.2) is 14.6 Å². The van der Waals surface area contributed by atoms with Gasteiger partial charge in [0.15, 0.2) is 0 Å². The average Bonchev–Trinajstić information content (AvgIpc) is 2.77. The third kappa shape index (κ3) is 2.31. The summed E-state index contributed by atoms with van der Waals surface area (Å²) in [6.07, 6.45) is 1.81. The Bertz CT molecular complexity index is 577. The summed E-state index contributed by atoms with van der Waals surface area (Å²) in [6, 6.07) is 5.60. The molecule has 0 aliphatic rings. The van der Waals surface area contributed by atoms with E-state index in [1.54, 1.807) is 10.7 Å². The van der Waals surface area contributed by atoms with E-state index < -0.39 is 0 Å². The lowest BCUT2D eigenvalue weighted by Gasteiger charge is -2.02. The van der Waals surface area contributed by atoms with Crippen molar-refractivity contribution in [3.05, 3.63) is 35.4 Å². The van der Waals surface area contributed by atoms with E-state index in [1.807, 2.05) is 25.3 Å². The van der Waals surface area contributed by atoms with Crippen LogP contribution in [-0.4, -0.2) is 19.7 Å². The molecule has 5 heteroatoms. The maximum absolute atomic E-state index is 8.86. The molecule has 0 atom stereocenters. The van der Waals surface area contributed by atoms with Crippen molar-refractivity contribution in [2.75, 3.05) is 0 Å². The molecule has 2 aromatic heterocycles. The zero-order chi connectivity index (χ0) is 12.4. The summed E-state index contributed by atoms with van der Waals surface area (Å²) >= 11 is 0. The van der Waals surface area contributed by atoms with Crippen molar-refractivity contribution in [3.63, 3.8) is 0 Å². The van der Waals surface area contributed by atoms with Gasteiger partial charge in [0, 0.05) is 11.9 Å². The summed E-state index contributed by atoms with van der Waals surface area (Å²) in [7, 11) is 0. The first-order valence-corrected chi connectivity index (χ1v) is 5.42. The van der Waals surface area contributed by atoms with Gasteiger partial charge < -0.3 is 0 Å². The van der Waals surface area contributed by atoms with Crippen LogP contribution >= 0.6 is 0 Å². The van der Waals surface area contributed by atoms with E-state index in [1.165, 1.54) is 0 Å². The predicted octanol–water partition coefficient (Wildman–Crippen LogP) is 1.97. The monoisotopic (exact) mass is 227 g/mol. The van der Waals surface area contributed by atoms with Gasteiger partial charge in [-0.15, -0.1) is 0 Å². The summed E-state index contributed by atoms with van der Waals surface area (Å²) in [6.45, 7) is 5.98. The fourth-order valence-electron chi connectivity index (χ4n) is 1.47. The largest absolute Gasteiger partial charge is 0.251 e. The molecule has 2 rings (SSSR count). The highest BCUT2D eigenvalue weighted by molar-refractivity contribution is 5.27. The number of aryl methyl sites for hydroxylation is 1. The standard InChI is InChI=1S/C12H13N5/c1-8(2)11-4-5-17(16-11)12-14-9(3)6-10(7-13)15-12/h4-6,8H,1-3H3. The van der Waals surface area contributed by atoms with Crippen molar-refractivity contribution in [1.82, 2.24) is 19.7 Å². The van der Waals surface area contributed by atoms with Gasteiger partial charge in [0.05, 0.1) is 5.69 Å². The Labute approximate surface area is 99.8 Å². The van der Waals surface area contributed by atoms with E-state index >= 15 is 0 Å². The number of hydrogen-bond acceptors (Lipinski definition) is 4. The van der Waals surface area contributed by atoms with Gasteiger partial charge in [-0.05, 0) is 25.0 Å². The first-order chi connectivity index (χ1) is 8.10. The van der Waals surface area contributed by atoms with Gasteiger partial charge in [-0.1, -0.05) is 13.8 Å². The number of aromatic nitrogens is 4. The summed E-state index contributed by atoms with van der Waals surface area (Å²) in [5.41, 5.74) is 2.09. The van der Waals surface area contributed by atoms with Gasteiger partial charge in [-0.3, -0.25) is 0 Å². The fraction of sp³-hybridized carbons (Fsp3) is 0.333. The Hall–Kier alpha value is -2.22. The van der Waals surface area contributed by atoms with E-state index in [0.29, 0.717) is 17.6 Å².